The molecule has 0 saturated heterocycles. The summed E-state index contributed by atoms with van der Waals surface area (Å²) < 4.78 is 11.7. The lowest BCUT2D eigenvalue weighted by Gasteiger charge is -2.31. The number of rotatable bonds is 42. The maximum atomic E-state index is 12.8. The van der Waals surface area contributed by atoms with Crippen LogP contribution in [0.25, 0.3) is 0 Å². The van der Waals surface area contributed by atoms with Crippen molar-refractivity contribution in [3.8, 4) is 5.75 Å². The molecule has 0 N–H and O–H groups in total. The van der Waals surface area contributed by atoms with Crippen molar-refractivity contribution in [2.75, 3.05) is 19.7 Å². The first kappa shape index (κ1) is 53.1. The molecule has 2 rings (SSSR count). The van der Waals surface area contributed by atoms with Crippen molar-refractivity contribution in [3.63, 3.8) is 0 Å². The third-order valence-corrected chi connectivity index (χ3v) is 13.0. The molecule has 1 aromatic carbocycles. The van der Waals surface area contributed by atoms with Gasteiger partial charge in [-0.05, 0) is 88.4 Å². The van der Waals surface area contributed by atoms with Crippen LogP contribution in [0.1, 0.15) is 264 Å². The first-order valence-electron chi connectivity index (χ1n) is 26.1. The molecule has 1 unspecified atom stereocenters. The zero-order valence-electron chi connectivity index (χ0n) is 39.7. The molecular weight excluding hydrogens is 723 g/mol. The van der Waals surface area contributed by atoms with Crippen molar-refractivity contribution in [2.45, 2.75) is 264 Å². The average molecular weight is 820 g/mol. The molecule has 0 radical (unpaired) electrons. The number of ether oxygens (including phenoxy) is 2. The molecule has 1 aliphatic rings. The Balaban J connectivity index is 1.62. The van der Waals surface area contributed by atoms with Crippen LogP contribution in [0.15, 0.2) is 48.3 Å². The van der Waals surface area contributed by atoms with Gasteiger partial charge in [0.15, 0.2) is 0 Å². The highest BCUT2D eigenvalue weighted by Crippen LogP contribution is 2.24. The van der Waals surface area contributed by atoms with Gasteiger partial charge >= 0.3 is 5.97 Å². The second-order valence-electron chi connectivity index (χ2n) is 18.3. The van der Waals surface area contributed by atoms with Gasteiger partial charge in [0.1, 0.15) is 11.5 Å². The van der Waals surface area contributed by atoms with Gasteiger partial charge in [0.25, 0.3) is 0 Å². The van der Waals surface area contributed by atoms with Crippen LogP contribution >= 0.6 is 0 Å². The van der Waals surface area contributed by atoms with Crippen molar-refractivity contribution >= 4 is 5.97 Å². The number of carbonyl (C=O) groups excluding carboxylic acids is 1. The fourth-order valence-corrected chi connectivity index (χ4v) is 8.91. The Morgan fingerprint density at radius 1 is 0.559 bits per heavy atom. The number of allylic oxidation sites excluding steroid dienone is 3. The summed E-state index contributed by atoms with van der Waals surface area (Å²) in [6.45, 7) is 11.9. The molecule has 0 saturated carbocycles. The van der Waals surface area contributed by atoms with Crippen molar-refractivity contribution in [1.29, 1.82) is 0 Å². The third kappa shape index (κ3) is 29.0. The normalized spacial score (nSPS) is 13.4. The Kier molecular flexibility index (Phi) is 34.9. The Bertz CT molecular complexity index is 1110. The van der Waals surface area contributed by atoms with Gasteiger partial charge in [-0.25, -0.2) is 0 Å². The largest absolute Gasteiger partial charge is 0.465 e. The maximum Gasteiger partial charge on any atom is 0.313 e. The predicted octanol–water partition coefficient (Wildman–Crippen LogP) is 17.5. The number of hydrogen-bond acceptors (Lipinski definition) is 4. The molecule has 0 amide bonds. The van der Waals surface area contributed by atoms with Crippen LogP contribution in [0.5, 0.6) is 5.75 Å². The van der Waals surface area contributed by atoms with Crippen LogP contribution in [0.2, 0.25) is 0 Å². The van der Waals surface area contributed by atoms with Crippen LogP contribution in [0.4, 0.5) is 0 Å². The number of esters is 1. The zero-order chi connectivity index (χ0) is 42.3. The number of unbranched alkanes of at least 4 members (excludes halogenated alkanes) is 28. The minimum Gasteiger partial charge on any atom is -0.465 e. The summed E-state index contributed by atoms with van der Waals surface area (Å²) in [5.41, 5.74) is 0.970. The molecule has 4 nitrogen and oxygen atoms in total. The van der Waals surface area contributed by atoms with Gasteiger partial charge in [0.05, 0.1) is 12.5 Å². The lowest BCUT2D eigenvalue weighted by Crippen LogP contribution is -2.36. The Morgan fingerprint density at radius 2 is 1.00 bits per heavy atom. The Morgan fingerprint density at radius 3 is 1.44 bits per heavy atom. The van der Waals surface area contributed by atoms with E-state index in [2.05, 4.69) is 37.8 Å². The predicted molar refractivity (Wildman–Crippen MR) is 258 cm³/mol. The van der Waals surface area contributed by atoms with E-state index in [0.717, 1.165) is 48.8 Å². The first-order chi connectivity index (χ1) is 29.1. The lowest BCUT2D eigenvalue weighted by molar-refractivity contribution is -0.145. The van der Waals surface area contributed by atoms with Gasteiger partial charge in [-0.2, -0.15) is 0 Å². The van der Waals surface area contributed by atoms with Crippen molar-refractivity contribution in [2.24, 2.45) is 0 Å². The monoisotopic (exact) mass is 820 g/mol. The van der Waals surface area contributed by atoms with Crippen LogP contribution in [0, 0.1) is 0 Å². The molecule has 1 aromatic rings. The summed E-state index contributed by atoms with van der Waals surface area (Å²) in [5.74, 6) is 1.29. The van der Waals surface area contributed by atoms with Gasteiger partial charge < -0.3 is 14.4 Å². The highest BCUT2D eigenvalue weighted by molar-refractivity contribution is 5.77. The highest BCUT2D eigenvalue weighted by Gasteiger charge is 2.18. The summed E-state index contributed by atoms with van der Waals surface area (Å²) >= 11 is 0. The van der Waals surface area contributed by atoms with Crippen molar-refractivity contribution in [1.82, 2.24) is 4.90 Å². The molecule has 0 aliphatic heterocycles. The van der Waals surface area contributed by atoms with E-state index in [1.807, 2.05) is 37.3 Å². The molecule has 340 valence electrons. The van der Waals surface area contributed by atoms with E-state index in [4.69, 9.17) is 9.47 Å². The lowest BCUT2D eigenvalue weighted by atomic mass is 9.98. The van der Waals surface area contributed by atoms with E-state index in [9.17, 15) is 4.79 Å². The average Bonchev–Trinajstić information content (AvgIpc) is 3.26. The van der Waals surface area contributed by atoms with E-state index in [-0.39, 0.29) is 11.9 Å². The third-order valence-electron chi connectivity index (χ3n) is 13.0. The minimum atomic E-state index is -0.273. The number of benzene rings is 1. The van der Waals surface area contributed by atoms with Gasteiger partial charge in [0.2, 0.25) is 0 Å². The van der Waals surface area contributed by atoms with E-state index in [1.165, 1.54) is 212 Å². The summed E-state index contributed by atoms with van der Waals surface area (Å²) in [4.78, 5) is 15.6. The van der Waals surface area contributed by atoms with Crippen LogP contribution in [-0.2, 0) is 9.53 Å². The summed E-state index contributed by atoms with van der Waals surface area (Å²) in [6, 6.07) is 8.63. The van der Waals surface area contributed by atoms with Gasteiger partial charge in [-0.1, -0.05) is 225 Å². The molecule has 0 heterocycles. The fourth-order valence-electron chi connectivity index (χ4n) is 8.91. The number of nitrogens with zero attached hydrogens (tertiary/aromatic N) is 1. The van der Waals surface area contributed by atoms with Crippen molar-refractivity contribution in [3.05, 3.63) is 53.8 Å². The van der Waals surface area contributed by atoms with Gasteiger partial charge in [-0.15, -0.1) is 0 Å². The fraction of sp³-hybridized carbons (Fsp3) is 0.800. The van der Waals surface area contributed by atoms with Crippen LogP contribution in [-0.4, -0.2) is 36.6 Å². The quantitative estimate of drug-likeness (QED) is 0.0486. The summed E-state index contributed by atoms with van der Waals surface area (Å²) in [6.07, 6.45) is 54.3. The number of carbonyl (C=O) groups is 1. The van der Waals surface area contributed by atoms with E-state index in [0.29, 0.717) is 6.61 Å². The topological polar surface area (TPSA) is 38.8 Å². The summed E-state index contributed by atoms with van der Waals surface area (Å²) in [5, 5.41) is 0. The van der Waals surface area contributed by atoms with E-state index in [1.54, 1.807) is 0 Å². The molecule has 4 heteroatoms. The molecule has 0 aromatic heterocycles. The van der Waals surface area contributed by atoms with Crippen molar-refractivity contribution < 1.29 is 14.3 Å². The first-order valence-corrected chi connectivity index (χ1v) is 26.1. The highest BCUT2D eigenvalue weighted by atomic mass is 16.5. The molecule has 1 atom stereocenters. The van der Waals surface area contributed by atoms with Gasteiger partial charge in [0, 0.05) is 6.04 Å². The van der Waals surface area contributed by atoms with E-state index >= 15 is 0 Å². The molecule has 0 bridgehead atoms. The smallest absolute Gasteiger partial charge is 0.313 e. The summed E-state index contributed by atoms with van der Waals surface area (Å²) in [7, 11) is 0. The molecule has 0 spiro atoms. The van der Waals surface area contributed by atoms with E-state index < -0.39 is 0 Å². The standard InChI is InChI=1S/C55H97NO3/c1-5-8-10-12-14-16-18-20-22-24-26-29-34-40-52(41-35-30-27-25-23-21-19-17-15-13-11-9-6-2)56(7-3)48-38-31-28-32-39-49-58-55(57)50(4)51-44-46-54(47-45-51)59-53-42-36-33-37-43-53/h36,42-47,50,52H,5-35,37-41,48-49H2,1-4H3. The number of hydrogen-bond donors (Lipinski definition) is 0. The second-order valence-corrected chi connectivity index (χ2v) is 18.3. The SMILES string of the molecule is CCCCCCCCCCCCCCCC(CCCCCCCCCCCCCCC)N(CC)CCCCCCCOC(=O)C(C)c1ccc(OC2=CCCC=C2)cc1. The second kappa shape index (κ2) is 38.8. The maximum absolute atomic E-state index is 12.8. The van der Waals surface area contributed by atoms with Gasteiger partial charge in [-0.3, -0.25) is 4.79 Å². The minimum absolute atomic E-state index is 0.131. The Labute approximate surface area is 367 Å². The molecular formula is C55H97NO3. The molecule has 1 aliphatic carbocycles. The van der Waals surface area contributed by atoms with Crippen LogP contribution < -0.4 is 4.74 Å². The molecule has 59 heavy (non-hydrogen) atoms. The molecule has 0 fully saturated rings. The zero-order valence-corrected chi connectivity index (χ0v) is 39.7. The Hall–Kier alpha value is -2.07. The van der Waals surface area contributed by atoms with Crippen LogP contribution in [0.3, 0.4) is 0 Å².